The Hall–Kier alpha value is -0.890. The molecule has 2 atom stereocenters. The number of benzene rings is 1. The highest BCUT2D eigenvalue weighted by molar-refractivity contribution is 5.32. The summed E-state index contributed by atoms with van der Waals surface area (Å²) in [6, 6.07) is 6.99. The first-order chi connectivity index (χ1) is 8.02. The van der Waals surface area contributed by atoms with E-state index in [9.17, 15) is 4.39 Å². The monoisotopic (exact) mass is 235 g/mol. The van der Waals surface area contributed by atoms with Crippen molar-refractivity contribution in [2.45, 2.75) is 32.6 Å². The quantitative estimate of drug-likeness (QED) is 0.825. The number of hydrogen-bond donors (Lipinski definition) is 1. The van der Waals surface area contributed by atoms with Crippen molar-refractivity contribution >= 4 is 0 Å². The highest BCUT2D eigenvalue weighted by atomic mass is 19.1. The van der Waals surface area contributed by atoms with E-state index in [2.05, 4.69) is 26.1 Å². The predicted octanol–water partition coefficient (Wildman–Crippen LogP) is 3.35. The van der Waals surface area contributed by atoms with Crippen LogP contribution in [-0.2, 0) is 5.41 Å². The standard InChI is InChI=1S/C15H22FN/c1-11(2)9-17-10-13-8-15(13,3)12-4-6-14(16)7-5-12/h4-7,11,13,17H,8-10H2,1-3H3. The molecule has 0 aliphatic heterocycles. The van der Waals surface area contributed by atoms with Gasteiger partial charge in [0.15, 0.2) is 0 Å². The summed E-state index contributed by atoms with van der Waals surface area (Å²) in [6.45, 7) is 8.88. The maximum absolute atomic E-state index is 12.9. The van der Waals surface area contributed by atoms with Crippen molar-refractivity contribution in [2.75, 3.05) is 13.1 Å². The van der Waals surface area contributed by atoms with E-state index in [1.54, 1.807) is 12.1 Å². The Balaban J connectivity index is 1.88. The maximum atomic E-state index is 12.9. The van der Waals surface area contributed by atoms with E-state index >= 15 is 0 Å². The molecule has 17 heavy (non-hydrogen) atoms. The van der Waals surface area contributed by atoms with Gasteiger partial charge in [0.05, 0.1) is 0 Å². The number of halogens is 1. The third-order valence-electron chi connectivity index (χ3n) is 3.86. The van der Waals surface area contributed by atoms with Crippen molar-refractivity contribution < 1.29 is 4.39 Å². The van der Waals surface area contributed by atoms with Crippen LogP contribution in [0.3, 0.4) is 0 Å². The first kappa shape index (κ1) is 12.6. The Morgan fingerprint density at radius 3 is 2.59 bits per heavy atom. The predicted molar refractivity (Wildman–Crippen MR) is 69.6 cm³/mol. The van der Waals surface area contributed by atoms with Gasteiger partial charge < -0.3 is 5.32 Å². The Bertz CT molecular complexity index is 371. The van der Waals surface area contributed by atoms with Crippen LogP contribution < -0.4 is 5.32 Å². The smallest absolute Gasteiger partial charge is 0.123 e. The van der Waals surface area contributed by atoms with Gasteiger partial charge >= 0.3 is 0 Å². The third kappa shape index (κ3) is 2.86. The summed E-state index contributed by atoms with van der Waals surface area (Å²) in [7, 11) is 0. The molecule has 1 aliphatic carbocycles. The zero-order chi connectivity index (χ0) is 12.5. The molecular weight excluding hydrogens is 213 g/mol. The average molecular weight is 235 g/mol. The minimum absolute atomic E-state index is 0.146. The first-order valence-corrected chi connectivity index (χ1v) is 6.49. The SMILES string of the molecule is CC(C)CNCC1CC1(C)c1ccc(F)cc1. The zero-order valence-electron chi connectivity index (χ0n) is 11.0. The Kier molecular flexibility index (Phi) is 3.53. The summed E-state index contributed by atoms with van der Waals surface area (Å²) in [4.78, 5) is 0. The molecule has 1 nitrogen and oxygen atoms in total. The molecule has 0 saturated heterocycles. The fraction of sp³-hybridized carbons (Fsp3) is 0.600. The molecule has 1 fully saturated rings. The normalized spacial score (nSPS) is 27.5. The largest absolute Gasteiger partial charge is 0.316 e. The van der Waals surface area contributed by atoms with Gasteiger partial charge in [0, 0.05) is 0 Å². The highest BCUT2D eigenvalue weighted by Crippen LogP contribution is 2.53. The van der Waals surface area contributed by atoms with E-state index < -0.39 is 0 Å². The van der Waals surface area contributed by atoms with Gasteiger partial charge in [-0.25, -0.2) is 4.39 Å². The summed E-state index contributed by atoms with van der Waals surface area (Å²) >= 11 is 0. The van der Waals surface area contributed by atoms with Gasteiger partial charge in [0.25, 0.3) is 0 Å². The van der Waals surface area contributed by atoms with Crippen LogP contribution >= 0.6 is 0 Å². The number of hydrogen-bond acceptors (Lipinski definition) is 1. The Morgan fingerprint density at radius 1 is 1.35 bits per heavy atom. The highest BCUT2D eigenvalue weighted by Gasteiger charge is 2.50. The van der Waals surface area contributed by atoms with Crippen LogP contribution in [0.15, 0.2) is 24.3 Å². The van der Waals surface area contributed by atoms with Crippen molar-refractivity contribution in [2.24, 2.45) is 11.8 Å². The molecule has 94 valence electrons. The fourth-order valence-corrected chi connectivity index (χ4v) is 2.48. The van der Waals surface area contributed by atoms with Crippen molar-refractivity contribution in [1.29, 1.82) is 0 Å². The van der Waals surface area contributed by atoms with Crippen molar-refractivity contribution in [1.82, 2.24) is 5.32 Å². The summed E-state index contributed by atoms with van der Waals surface area (Å²) in [5.74, 6) is 1.25. The fourth-order valence-electron chi connectivity index (χ4n) is 2.48. The third-order valence-corrected chi connectivity index (χ3v) is 3.86. The van der Waals surface area contributed by atoms with Gasteiger partial charge in [-0.05, 0) is 54.5 Å². The van der Waals surface area contributed by atoms with Crippen LogP contribution in [0.5, 0.6) is 0 Å². The van der Waals surface area contributed by atoms with E-state index in [0.717, 1.165) is 13.1 Å². The second-order valence-corrected chi connectivity index (χ2v) is 5.88. The van der Waals surface area contributed by atoms with Crippen LogP contribution in [0.2, 0.25) is 0 Å². The Morgan fingerprint density at radius 2 is 2.00 bits per heavy atom. The topological polar surface area (TPSA) is 12.0 Å². The van der Waals surface area contributed by atoms with Crippen LogP contribution in [0, 0.1) is 17.7 Å². The molecule has 0 aromatic heterocycles. The molecule has 2 rings (SSSR count). The summed E-state index contributed by atoms with van der Waals surface area (Å²) in [5, 5.41) is 3.51. The molecule has 0 heterocycles. The second kappa shape index (κ2) is 4.77. The summed E-state index contributed by atoms with van der Waals surface area (Å²) in [6.07, 6.45) is 1.21. The number of nitrogens with one attached hydrogen (secondary N) is 1. The molecule has 2 heteroatoms. The first-order valence-electron chi connectivity index (χ1n) is 6.49. The van der Waals surface area contributed by atoms with E-state index in [0.29, 0.717) is 11.8 Å². The lowest BCUT2D eigenvalue weighted by atomic mass is 9.95. The van der Waals surface area contributed by atoms with E-state index in [-0.39, 0.29) is 11.2 Å². The van der Waals surface area contributed by atoms with Gasteiger partial charge in [-0.1, -0.05) is 32.9 Å². The van der Waals surface area contributed by atoms with Gasteiger partial charge in [-0.15, -0.1) is 0 Å². The van der Waals surface area contributed by atoms with Crippen molar-refractivity contribution in [3.05, 3.63) is 35.6 Å². The lowest BCUT2D eigenvalue weighted by molar-refractivity contribution is 0.515. The summed E-state index contributed by atoms with van der Waals surface area (Å²) < 4.78 is 12.9. The van der Waals surface area contributed by atoms with Crippen molar-refractivity contribution in [3.8, 4) is 0 Å². The van der Waals surface area contributed by atoms with E-state index in [4.69, 9.17) is 0 Å². The molecule has 0 spiro atoms. The minimum atomic E-state index is -0.146. The molecule has 1 N–H and O–H groups in total. The molecule has 2 unspecified atom stereocenters. The molecule has 1 aromatic carbocycles. The van der Waals surface area contributed by atoms with Gasteiger partial charge in [0.1, 0.15) is 5.82 Å². The second-order valence-electron chi connectivity index (χ2n) is 5.88. The zero-order valence-corrected chi connectivity index (χ0v) is 11.0. The number of rotatable bonds is 5. The van der Waals surface area contributed by atoms with Gasteiger partial charge in [-0.2, -0.15) is 0 Å². The minimum Gasteiger partial charge on any atom is -0.316 e. The lowest BCUT2D eigenvalue weighted by Gasteiger charge is -2.13. The molecular formula is C15H22FN. The molecule has 0 radical (unpaired) electrons. The van der Waals surface area contributed by atoms with Crippen LogP contribution in [0.4, 0.5) is 4.39 Å². The maximum Gasteiger partial charge on any atom is 0.123 e. The molecule has 1 saturated carbocycles. The van der Waals surface area contributed by atoms with Gasteiger partial charge in [0.2, 0.25) is 0 Å². The van der Waals surface area contributed by atoms with E-state index in [1.165, 1.54) is 12.0 Å². The molecule has 1 aliphatic rings. The van der Waals surface area contributed by atoms with Crippen LogP contribution in [-0.4, -0.2) is 13.1 Å². The Labute approximate surface area is 103 Å². The summed E-state index contributed by atoms with van der Waals surface area (Å²) in [5.41, 5.74) is 1.53. The van der Waals surface area contributed by atoms with Crippen LogP contribution in [0.1, 0.15) is 32.8 Å². The van der Waals surface area contributed by atoms with Crippen molar-refractivity contribution in [3.63, 3.8) is 0 Å². The van der Waals surface area contributed by atoms with Crippen LogP contribution in [0.25, 0.3) is 0 Å². The van der Waals surface area contributed by atoms with Gasteiger partial charge in [-0.3, -0.25) is 0 Å². The lowest BCUT2D eigenvalue weighted by Crippen LogP contribution is -2.24. The average Bonchev–Trinajstić information content (AvgIpc) is 2.91. The van der Waals surface area contributed by atoms with E-state index in [1.807, 2.05) is 12.1 Å². The molecule has 0 amide bonds. The molecule has 0 bridgehead atoms. The molecule has 1 aromatic rings.